The molecule has 3 amide bonds. The molecule has 0 bridgehead atoms. The van der Waals surface area contributed by atoms with Gasteiger partial charge in [-0.05, 0) is 12.8 Å². The zero-order valence-corrected chi connectivity index (χ0v) is 14.0. The number of carboxylic acids is 1. The minimum absolute atomic E-state index is 0.145. The molecule has 8 N–H and O–H groups in total. The van der Waals surface area contributed by atoms with E-state index >= 15 is 0 Å². The Labute approximate surface area is 139 Å². The smallest absolute Gasteiger partial charge is 0.305 e. The van der Waals surface area contributed by atoms with Crippen molar-refractivity contribution in [2.75, 3.05) is 0 Å². The molecule has 0 radical (unpaired) electrons. The van der Waals surface area contributed by atoms with Crippen LogP contribution < -0.4 is 22.1 Å². The third-order valence-electron chi connectivity index (χ3n) is 3.66. The molecule has 0 spiro atoms. The van der Waals surface area contributed by atoms with Crippen LogP contribution in [0.1, 0.15) is 33.6 Å². The van der Waals surface area contributed by atoms with Gasteiger partial charge in [0.15, 0.2) is 0 Å². The molecule has 0 aromatic heterocycles. The number of hydrogen-bond acceptors (Lipinski definition) is 6. The Hall–Kier alpha value is -2.20. The summed E-state index contributed by atoms with van der Waals surface area (Å²) in [5.41, 5.74) is 10.8. The summed E-state index contributed by atoms with van der Waals surface area (Å²) in [6.45, 7) is 4.87. The van der Waals surface area contributed by atoms with E-state index in [4.69, 9.17) is 16.6 Å². The Balaban J connectivity index is 5.04. The minimum atomic E-state index is -1.46. The van der Waals surface area contributed by atoms with Gasteiger partial charge in [-0.2, -0.15) is 0 Å². The molecule has 24 heavy (non-hydrogen) atoms. The van der Waals surface area contributed by atoms with Crippen molar-refractivity contribution in [2.45, 2.75) is 57.8 Å². The molecule has 10 nitrogen and oxygen atoms in total. The fraction of sp³-hybridized carbons (Fsp3) is 0.714. The molecule has 0 saturated carbocycles. The fourth-order valence-corrected chi connectivity index (χ4v) is 1.83. The van der Waals surface area contributed by atoms with Gasteiger partial charge in [0.25, 0.3) is 0 Å². The second kappa shape index (κ2) is 9.83. The summed E-state index contributed by atoms with van der Waals surface area (Å²) < 4.78 is 0. The number of carbonyl (C=O) groups excluding carboxylic acids is 3. The highest BCUT2D eigenvalue weighted by Gasteiger charge is 2.32. The number of nitrogens with one attached hydrogen (secondary N) is 2. The molecule has 0 aliphatic rings. The summed E-state index contributed by atoms with van der Waals surface area (Å²) >= 11 is 0. The van der Waals surface area contributed by atoms with Crippen LogP contribution in [0.4, 0.5) is 0 Å². The number of nitrogens with two attached hydrogens (primary N) is 2. The zero-order chi connectivity index (χ0) is 19.0. The monoisotopic (exact) mass is 346 g/mol. The Morgan fingerprint density at radius 3 is 2.00 bits per heavy atom. The van der Waals surface area contributed by atoms with Crippen LogP contribution in [-0.2, 0) is 19.2 Å². The van der Waals surface area contributed by atoms with Crippen molar-refractivity contribution in [1.82, 2.24) is 10.6 Å². The number of amides is 3. The molecule has 0 unspecified atom stereocenters. The van der Waals surface area contributed by atoms with Gasteiger partial charge in [0, 0.05) is 0 Å². The van der Waals surface area contributed by atoms with Crippen LogP contribution in [0.3, 0.4) is 0 Å². The number of carboxylic acid groups (broad SMARTS) is 1. The summed E-state index contributed by atoms with van der Waals surface area (Å²) in [7, 11) is 0. The topological polar surface area (TPSA) is 185 Å². The first-order valence-corrected chi connectivity index (χ1v) is 7.56. The molecule has 10 heteroatoms. The molecule has 0 aromatic rings. The Bertz CT molecular complexity index is 482. The van der Waals surface area contributed by atoms with Gasteiger partial charge in [-0.3, -0.25) is 19.2 Å². The average Bonchev–Trinajstić information content (AvgIpc) is 2.48. The molecule has 0 rings (SSSR count). The van der Waals surface area contributed by atoms with Gasteiger partial charge < -0.3 is 32.3 Å². The van der Waals surface area contributed by atoms with E-state index in [2.05, 4.69) is 10.6 Å². The van der Waals surface area contributed by atoms with E-state index in [0.29, 0.717) is 6.42 Å². The maximum Gasteiger partial charge on any atom is 0.305 e. The van der Waals surface area contributed by atoms with Crippen LogP contribution in [0, 0.1) is 5.92 Å². The average molecular weight is 346 g/mol. The van der Waals surface area contributed by atoms with Gasteiger partial charge in [0.2, 0.25) is 17.7 Å². The summed E-state index contributed by atoms with van der Waals surface area (Å²) in [6.07, 6.45) is -1.37. The summed E-state index contributed by atoms with van der Waals surface area (Å²) in [5, 5.41) is 22.8. The van der Waals surface area contributed by atoms with Gasteiger partial charge in [-0.25, -0.2) is 0 Å². The Kier molecular flexibility index (Phi) is 8.93. The largest absolute Gasteiger partial charge is 0.481 e. The van der Waals surface area contributed by atoms with E-state index < -0.39 is 54.3 Å². The number of aliphatic hydroxyl groups excluding tert-OH is 1. The van der Waals surface area contributed by atoms with Crippen molar-refractivity contribution in [2.24, 2.45) is 17.4 Å². The van der Waals surface area contributed by atoms with E-state index in [1.54, 1.807) is 6.92 Å². The van der Waals surface area contributed by atoms with Gasteiger partial charge in [-0.1, -0.05) is 20.3 Å². The highest BCUT2D eigenvalue weighted by Crippen LogP contribution is 2.06. The summed E-state index contributed by atoms with van der Waals surface area (Å²) in [5.74, 6) is -4.10. The number of aliphatic hydroxyl groups is 1. The molecule has 0 aliphatic heterocycles. The van der Waals surface area contributed by atoms with Gasteiger partial charge >= 0.3 is 5.97 Å². The Morgan fingerprint density at radius 1 is 1.08 bits per heavy atom. The van der Waals surface area contributed by atoms with Gasteiger partial charge in [0.1, 0.15) is 12.1 Å². The lowest BCUT2D eigenvalue weighted by molar-refractivity contribution is -0.141. The molecular weight excluding hydrogens is 320 g/mol. The zero-order valence-electron chi connectivity index (χ0n) is 14.0. The van der Waals surface area contributed by atoms with Crippen molar-refractivity contribution in [3.8, 4) is 0 Å². The lowest BCUT2D eigenvalue weighted by atomic mass is 9.98. The SMILES string of the molecule is CC[C@H](C)[C@H](N)C(=O)N[C@H](C(=O)N[C@@H](CC(=O)O)C(N)=O)[C@@H](C)O. The van der Waals surface area contributed by atoms with Crippen LogP contribution in [0.25, 0.3) is 0 Å². The van der Waals surface area contributed by atoms with Crippen LogP contribution >= 0.6 is 0 Å². The van der Waals surface area contributed by atoms with Crippen LogP contribution in [0.2, 0.25) is 0 Å². The fourth-order valence-electron chi connectivity index (χ4n) is 1.83. The lowest BCUT2D eigenvalue weighted by Gasteiger charge is -2.25. The lowest BCUT2D eigenvalue weighted by Crippen LogP contribution is -2.59. The molecule has 5 atom stereocenters. The van der Waals surface area contributed by atoms with E-state index in [9.17, 15) is 24.3 Å². The van der Waals surface area contributed by atoms with E-state index in [0.717, 1.165) is 0 Å². The molecular formula is C14H26N4O6. The summed E-state index contributed by atoms with van der Waals surface area (Å²) in [4.78, 5) is 46.1. The maximum atomic E-state index is 12.2. The second-order valence-electron chi connectivity index (χ2n) is 5.70. The number of carbonyl (C=O) groups is 4. The second-order valence-corrected chi connectivity index (χ2v) is 5.70. The Morgan fingerprint density at radius 2 is 1.62 bits per heavy atom. The minimum Gasteiger partial charge on any atom is -0.481 e. The van der Waals surface area contributed by atoms with Crippen molar-refractivity contribution in [1.29, 1.82) is 0 Å². The van der Waals surface area contributed by atoms with Gasteiger partial charge in [0.05, 0.1) is 18.6 Å². The maximum absolute atomic E-state index is 12.2. The highest BCUT2D eigenvalue weighted by molar-refractivity contribution is 5.94. The number of rotatable bonds is 10. The van der Waals surface area contributed by atoms with Crippen molar-refractivity contribution < 1.29 is 29.4 Å². The normalized spacial score (nSPS) is 17.0. The molecule has 0 aromatic carbocycles. The third kappa shape index (κ3) is 6.92. The molecule has 0 heterocycles. The van der Waals surface area contributed by atoms with Crippen LogP contribution in [0.15, 0.2) is 0 Å². The predicted octanol–water partition coefficient (Wildman–Crippen LogP) is -2.33. The van der Waals surface area contributed by atoms with Crippen LogP contribution in [-0.4, -0.2) is 58.1 Å². The van der Waals surface area contributed by atoms with Gasteiger partial charge in [-0.15, -0.1) is 0 Å². The van der Waals surface area contributed by atoms with E-state index in [1.165, 1.54) is 6.92 Å². The molecule has 0 saturated heterocycles. The first-order chi connectivity index (χ1) is 11.0. The summed E-state index contributed by atoms with van der Waals surface area (Å²) in [6, 6.07) is -3.74. The first-order valence-electron chi connectivity index (χ1n) is 7.56. The molecule has 0 aliphatic carbocycles. The van der Waals surface area contributed by atoms with E-state index in [-0.39, 0.29) is 5.92 Å². The number of primary amides is 1. The van der Waals surface area contributed by atoms with Crippen LogP contribution in [0.5, 0.6) is 0 Å². The number of aliphatic carboxylic acids is 1. The van der Waals surface area contributed by atoms with E-state index in [1.807, 2.05) is 6.92 Å². The highest BCUT2D eigenvalue weighted by atomic mass is 16.4. The van der Waals surface area contributed by atoms with Crippen molar-refractivity contribution in [3.63, 3.8) is 0 Å². The number of hydrogen-bond donors (Lipinski definition) is 6. The van der Waals surface area contributed by atoms with Crippen molar-refractivity contribution >= 4 is 23.7 Å². The first kappa shape index (κ1) is 21.8. The standard InChI is InChI=1S/C14H26N4O6/c1-4-6(2)10(15)13(23)18-11(7(3)19)14(24)17-8(12(16)22)5-9(20)21/h6-8,10-11,19H,4-5,15H2,1-3H3,(H2,16,22)(H,17,24)(H,18,23)(H,20,21)/t6-,7+,8-,10-,11-/m0/s1. The molecule has 0 fully saturated rings. The quantitative estimate of drug-likeness (QED) is 0.256. The predicted molar refractivity (Wildman–Crippen MR) is 84.4 cm³/mol. The third-order valence-corrected chi connectivity index (χ3v) is 3.66. The molecule has 138 valence electrons. The van der Waals surface area contributed by atoms with Crippen molar-refractivity contribution in [3.05, 3.63) is 0 Å².